The highest BCUT2D eigenvalue weighted by molar-refractivity contribution is 6.30. The summed E-state index contributed by atoms with van der Waals surface area (Å²) in [4.78, 5) is 23.7. The van der Waals surface area contributed by atoms with Crippen LogP contribution in [0.1, 0.15) is 35.6 Å². The predicted octanol–water partition coefficient (Wildman–Crippen LogP) is 2.87. The van der Waals surface area contributed by atoms with Crippen molar-refractivity contribution in [2.24, 2.45) is 0 Å². The third-order valence-corrected chi connectivity index (χ3v) is 6.39. The molecule has 174 valence electrons. The van der Waals surface area contributed by atoms with E-state index >= 15 is 0 Å². The van der Waals surface area contributed by atoms with Crippen molar-refractivity contribution < 1.29 is 13.9 Å². The third-order valence-electron chi connectivity index (χ3n) is 6.16. The molecule has 3 heterocycles. The first-order chi connectivity index (χ1) is 15.6. The van der Waals surface area contributed by atoms with Gasteiger partial charge in [0.15, 0.2) is 5.69 Å². The quantitative estimate of drug-likeness (QED) is 0.647. The number of amides is 1. The lowest BCUT2D eigenvalue weighted by molar-refractivity contribution is 0.0941. The molecule has 2 fully saturated rings. The minimum Gasteiger partial charge on any atom is -0.495 e. The summed E-state index contributed by atoms with van der Waals surface area (Å²) >= 11 is 6.18. The van der Waals surface area contributed by atoms with E-state index in [4.69, 9.17) is 20.8 Å². The zero-order chi connectivity index (χ0) is 22.3. The molecule has 1 aromatic carbocycles. The molecule has 0 saturated carbocycles. The van der Waals surface area contributed by atoms with E-state index in [1.807, 2.05) is 18.2 Å². The van der Waals surface area contributed by atoms with Gasteiger partial charge < -0.3 is 24.3 Å². The van der Waals surface area contributed by atoms with Crippen LogP contribution in [0.4, 0.5) is 5.69 Å². The normalized spacial score (nSPS) is 18.0. The average molecular weight is 462 g/mol. The number of piperazine rings is 1. The first kappa shape index (κ1) is 22.9. The molecule has 1 amide bonds. The maximum atomic E-state index is 12.4. The second-order valence-corrected chi connectivity index (χ2v) is 8.80. The number of nitrogens with zero attached hydrogens (tertiary/aromatic N) is 4. The molecule has 0 radical (unpaired) electrons. The number of ether oxygens (including phenoxy) is 1. The standard InChI is InChI=1S/C23H32ClN5O3/c1-31-21-6-5-18(24)15-20(21)29-13-11-28(12-14-29)16-22-26-19(17-32-22)23(30)25-7-10-27-8-3-2-4-9-27/h5-6,15,17H,2-4,7-14,16H2,1H3,(H,25,30). The number of carbonyl (C=O) groups is 1. The van der Waals surface area contributed by atoms with Crippen molar-refractivity contribution in [1.29, 1.82) is 0 Å². The minimum atomic E-state index is -0.171. The molecule has 2 saturated heterocycles. The third kappa shape index (κ3) is 5.94. The Morgan fingerprint density at radius 3 is 2.66 bits per heavy atom. The van der Waals surface area contributed by atoms with Gasteiger partial charge in [-0.25, -0.2) is 4.98 Å². The van der Waals surface area contributed by atoms with Crippen molar-refractivity contribution in [3.8, 4) is 5.75 Å². The maximum absolute atomic E-state index is 12.4. The first-order valence-corrected chi connectivity index (χ1v) is 11.8. The van der Waals surface area contributed by atoms with E-state index in [0.717, 1.165) is 57.3 Å². The van der Waals surface area contributed by atoms with Gasteiger partial charge in [-0.05, 0) is 44.1 Å². The lowest BCUT2D eigenvalue weighted by Crippen LogP contribution is -2.46. The number of methoxy groups -OCH3 is 1. The van der Waals surface area contributed by atoms with Crippen LogP contribution in [0.25, 0.3) is 0 Å². The summed E-state index contributed by atoms with van der Waals surface area (Å²) in [5, 5.41) is 3.66. The lowest BCUT2D eigenvalue weighted by atomic mass is 10.1. The number of nitrogens with one attached hydrogen (secondary N) is 1. The van der Waals surface area contributed by atoms with E-state index in [9.17, 15) is 4.79 Å². The van der Waals surface area contributed by atoms with Crippen molar-refractivity contribution >= 4 is 23.2 Å². The van der Waals surface area contributed by atoms with Crippen LogP contribution in [0.3, 0.4) is 0 Å². The SMILES string of the molecule is COc1ccc(Cl)cc1N1CCN(Cc2nc(C(=O)NCCN3CCCCC3)co2)CC1. The Kier molecular flexibility index (Phi) is 7.89. The number of rotatable bonds is 8. The van der Waals surface area contributed by atoms with Crippen LogP contribution in [-0.4, -0.2) is 80.2 Å². The number of likely N-dealkylation sites (tertiary alicyclic amines) is 1. The molecule has 0 unspecified atom stereocenters. The van der Waals surface area contributed by atoms with Crippen molar-refractivity contribution in [2.75, 3.05) is 64.4 Å². The van der Waals surface area contributed by atoms with E-state index in [-0.39, 0.29) is 5.91 Å². The van der Waals surface area contributed by atoms with Crippen LogP contribution in [0.2, 0.25) is 5.02 Å². The summed E-state index contributed by atoms with van der Waals surface area (Å²) in [7, 11) is 1.67. The van der Waals surface area contributed by atoms with Crippen LogP contribution in [0.15, 0.2) is 28.9 Å². The van der Waals surface area contributed by atoms with Crippen molar-refractivity contribution in [3.05, 3.63) is 41.1 Å². The number of oxazole rings is 1. The molecule has 4 rings (SSSR count). The van der Waals surface area contributed by atoms with E-state index < -0.39 is 0 Å². The molecule has 0 aliphatic carbocycles. The number of hydrogen-bond acceptors (Lipinski definition) is 7. The second-order valence-electron chi connectivity index (χ2n) is 8.36. The fraction of sp³-hybridized carbons (Fsp3) is 0.565. The molecule has 9 heteroatoms. The minimum absolute atomic E-state index is 0.171. The summed E-state index contributed by atoms with van der Waals surface area (Å²) in [5.74, 6) is 1.22. The van der Waals surface area contributed by atoms with Crippen LogP contribution in [-0.2, 0) is 6.54 Å². The largest absolute Gasteiger partial charge is 0.495 e. The van der Waals surface area contributed by atoms with Gasteiger partial charge in [0.05, 0.1) is 19.3 Å². The Hall–Kier alpha value is -2.29. The van der Waals surface area contributed by atoms with Gasteiger partial charge in [-0.1, -0.05) is 18.0 Å². The molecule has 2 aliphatic rings. The predicted molar refractivity (Wildman–Crippen MR) is 125 cm³/mol. The van der Waals surface area contributed by atoms with Gasteiger partial charge in [0, 0.05) is 44.3 Å². The monoisotopic (exact) mass is 461 g/mol. The average Bonchev–Trinajstić information content (AvgIpc) is 3.29. The van der Waals surface area contributed by atoms with Gasteiger partial charge in [0.2, 0.25) is 5.89 Å². The topological polar surface area (TPSA) is 74.1 Å². The fourth-order valence-corrected chi connectivity index (χ4v) is 4.50. The highest BCUT2D eigenvalue weighted by Gasteiger charge is 2.22. The van der Waals surface area contributed by atoms with Crippen molar-refractivity contribution in [3.63, 3.8) is 0 Å². The van der Waals surface area contributed by atoms with Crippen LogP contribution in [0.5, 0.6) is 5.75 Å². The molecule has 2 aliphatic heterocycles. The first-order valence-electron chi connectivity index (χ1n) is 11.4. The molecule has 32 heavy (non-hydrogen) atoms. The number of piperidine rings is 1. The second kappa shape index (κ2) is 11.0. The molecular formula is C23H32ClN5O3. The van der Waals surface area contributed by atoms with Crippen molar-refractivity contribution in [2.45, 2.75) is 25.8 Å². The summed E-state index contributed by atoms with van der Waals surface area (Å²) in [5.41, 5.74) is 1.36. The van der Waals surface area contributed by atoms with Crippen LogP contribution >= 0.6 is 11.6 Å². The molecule has 1 aromatic heterocycles. The van der Waals surface area contributed by atoms with E-state index in [0.29, 0.717) is 29.7 Å². The summed E-state index contributed by atoms with van der Waals surface area (Å²) in [6.45, 7) is 7.77. The van der Waals surface area contributed by atoms with Gasteiger partial charge >= 0.3 is 0 Å². The molecule has 0 bridgehead atoms. The van der Waals surface area contributed by atoms with Gasteiger partial charge in [0.1, 0.15) is 12.0 Å². The van der Waals surface area contributed by atoms with E-state index in [2.05, 4.69) is 25.0 Å². The molecule has 1 N–H and O–H groups in total. The number of carbonyl (C=O) groups excluding carboxylic acids is 1. The maximum Gasteiger partial charge on any atom is 0.273 e. The molecule has 0 spiro atoms. The Bertz CT molecular complexity index is 892. The van der Waals surface area contributed by atoms with Crippen molar-refractivity contribution in [1.82, 2.24) is 20.1 Å². The van der Waals surface area contributed by atoms with Crippen LogP contribution < -0.4 is 15.0 Å². The summed E-state index contributed by atoms with van der Waals surface area (Å²) in [6.07, 6.45) is 5.27. The zero-order valence-electron chi connectivity index (χ0n) is 18.7. The summed E-state index contributed by atoms with van der Waals surface area (Å²) < 4.78 is 11.1. The smallest absolute Gasteiger partial charge is 0.273 e. The highest BCUT2D eigenvalue weighted by atomic mass is 35.5. The zero-order valence-corrected chi connectivity index (χ0v) is 19.4. The Morgan fingerprint density at radius 2 is 1.91 bits per heavy atom. The Balaban J connectivity index is 1.23. The van der Waals surface area contributed by atoms with E-state index in [1.165, 1.54) is 25.5 Å². The molecule has 0 atom stereocenters. The number of halogens is 1. The van der Waals surface area contributed by atoms with Gasteiger partial charge in [-0.2, -0.15) is 0 Å². The molecule has 8 nitrogen and oxygen atoms in total. The number of hydrogen-bond donors (Lipinski definition) is 1. The van der Waals surface area contributed by atoms with Gasteiger partial charge in [-0.15, -0.1) is 0 Å². The van der Waals surface area contributed by atoms with Gasteiger partial charge in [0.25, 0.3) is 5.91 Å². The Morgan fingerprint density at radius 1 is 1.12 bits per heavy atom. The Labute approximate surface area is 194 Å². The number of benzene rings is 1. The number of anilines is 1. The summed E-state index contributed by atoms with van der Waals surface area (Å²) in [6, 6.07) is 5.68. The van der Waals surface area contributed by atoms with Crippen LogP contribution in [0, 0.1) is 0 Å². The molecule has 2 aromatic rings. The fourth-order valence-electron chi connectivity index (χ4n) is 4.34. The highest BCUT2D eigenvalue weighted by Crippen LogP contribution is 2.32. The van der Waals surface area contributed by atoms with E-state index in [1.54, 1.807) is 7.11 Å². The molecular weight excluding hydrogens is 430 g/mol. The number of aromatic nitrogens is 1. The lowest BCUT2D eigenvalue weighted by Gasteiger charge is -2.36. The van der Waals surface area contributed by atoms with Gasteiger partial charge in [-0.3, -0.25) is 9.69 Å².